The van der Waals surface area contributed by atoms with Crippen LogP contribution in [-0.4, -0.2) is 22.2 Å². The Hall–Kier alpha value is -1.45. The van der Waals surface area contributed by atoms with Crippen molar-refractivity contribution in [2.45, 2.75) is 6.17 Å². The van der Waals surface area contributed by atoms with Crippen LogP contribution in [0.15, 0.2) is 29.7 Å². The summed E-state index contributed by atoms with van der Waals surface area (Å²) in [4.78, 5) is 16.5. The van der Waals surface area contributed by atoms with Crippen molar-refractivity contribution >= 4 is 6.34 Å². The number of hydrogen-bond donors (Lipinski definition) is 0. The van der Waals surface area contributed by atoms with Gasteiger partial charge in [-0.1, -0.05) is 0 Å². The van der Waals surface area contributed by atoms with Crippen molar-refractivity contribution in [1.82, 2.24) is 4.90 Å². The molecule has 0 radical (unpaired) electrons. The monoisotopic (exact) mass is 136 g/mol. The van der Waals surface area contributed by atoms with E-state index in [0.717, 1.165) is 4.76 Å². The van der Waals surface area contributed by atoms with E-state index in [1.54, 1.807) is 29.7 Å². The molecule has 0 saturated carbocycles. The lowest BCUT2D eigenvalue weighted by molar-refractivity contribution is -0.513. The molecule has 0 amide bonds. The number of nitroso groups, excluding NO2 is 1. The largest absolute Gasteiger partial charge is 0.308 e. The second-order valence-electron chi connectivity index (χ2n) is 2.12. The summed E-state index contributed by atoms with van der Waals surface area (Å²) in [6, 6.07) is 0. The second-order valence-corrected chi connectivity index (χ2v) is 2.12. The van der Waals surface area contributed by atoms with E-state index < -0.39 is 0 Å². The molecular weight excluding hydrogens is 130 g/mol. The van der Waals surface area contributed by atoms with Gasteiger partial charge < -0.3 is 0 Å². The van der Waals surface area contributed by atoms with Crippen molar-refractivity contribution in [2.24, 2.45) is 4.99 Å². The maximum atomic E-state index is 10.9. The summed E-state index contributed by atoms with van der Waals surface area (Å²) in [6.07, 6.45) is 7.97. The maximum absolute atomic E-state index is 10.9. The van der Waals surface area contributed by atoms with Gasteiger partial charge in [0.05, 0.1) is 11.0 Å². The molecule has 0 N–H and O–H groups in total. The minimum absolute atomic E-state index is 0.197. The van der Waals surface area contributed by atoms with Crippen LogP contribution in [-0.2, 0) is 0 Å². The van der Waals surface area contributed by atoms with Crippen LogP contribution in [0.1, 0.15) is 0 Å². The van der Waals surface area contributed by atoms with Gasteiger partial charge in [-0.2, -0.15) is 0 Å². The zero-order valence-electron chi connectivity index (χ0n) is 5.21. The highest BCUT2D eigenvalue weighted by Crippen LogP contribution is 2.12. The highest BCUT2D eigenvalue weighted by molar-refractivity contribution is 5.59. The molecule has 0 fully saturated rings. The summed E-state index contributed by atoms with van der Waals surface area (Å²) in [5, 5.41) is 0. The van der Waals surface area contributed by atoms with Crippen molar-refractivity contribution in [1.29, 1.82) is 0 Å². The van der Waals surface area contributed by atoms with Crippen LogP contribution in [0.2, 0.25) is 0 Å². The van der Waals surface area contributed by atoms with Gasteiger partial charge in [-0.3, -0.25) is 4.90 Å². The van der Waals surface area contributed by atoms with Gasteiger partial charge in [0, 0.05) is 17.2 Å². The molecule has 1 atom stereocenters. The van der Waals surface area contributed by atoms with E-state index in [0.29, 0.717) is 0 Å². The van der Waals surface area contributed by atoms with Crippen LogP contribution < -0.4 is 0 Å². The first-order valence-electron chi connectivity index (χ1n) is 2.99. The Labute approximate surface area is 57.7 Å². The highest BCUT2D eigenvalue weighted by Gasteiger charge is 2.32. The number of fused-ring (bicyclic) bond motifs is 1. The highest BCUT2D eigenvalue weighted by atomic mass is 16.3. The van der Waals surface area contributed by atoms with E-state index in [1.807, 2.05) is 0 Å². The van der Waals surface area contributed by atoms with Crippen molar-refractivity contribution in [3.8, 4) is 0 Å². The van der Waals surface area contributed by atoms with E-state index in [4.69, 9.17) is 0 Å². The van der Waals surface area contributed by atoms with Crippen LogP contribution in [0.5, 0.6) is 0 Å². The molecule has 1 unspecified atom stereocenters. The Morgan fingerprint density at radius 1 is 1.60 bits per heavy atom. The summed E-state index contributed by atoms with van der Waals surface area (Å²) in [5.74, 6) is 0. The topological polar surface area (TPSA) is 35.7 Å². The maximum Gasteiger partial charge on any atom is 0.308 e. The molecule has 2 heterocycles. The van der Waals surface area contributed by atoms with Crippen LogP contribution in [0, 0.1) is 4.91 Å². The van der Waals surface area contributed by atoms with Gasteiger partial charge in [-0.15, -0.1) is 0 Å². The molecule has 2 aliphatic rings. The molecule has 0 spiro atoms. The smallest absolute Gasteiger partial charge is 0.267 e. The summed E-state index contributed by atoms with van der Waals surface area (Å²) in [5.41, 5.74) is 0. The molecule has 50 valence electrons. The quantitative estimate of drug-likeness (QED) is 0.453. The van der Waals surface area contributed by atoms with Crippen molar-refractivity contribution in [3.63, 3.8) is 0 Å². The Bertz CT molecular complexity index is 252. The SMILES string of the molecule is O=[N+]1C=CN2C=NC=CC21. The minimum atomic E-state index is -0.197. The average Bonchev–Trinajstić information content (AvgIpc) is 2.34. The van der Waals surface area contributed by atoms with Gasteiger partial charge in [0.15, 0.2) is 0 Å². The molecule has 2 rings (SSSR count). The fourth-order valence-electron chi connectivity index (χ4n) is 0.984. The number of nitrogens with zero attached hydrogens (tertiary/aromatic N) is 3. The average molecular weight is 136 g/mol. The zero-order valence-corrected chi connectivity index (χ0v) is 5.21. The summed E-state index contributed by atoms with van der Waals surface area (Å²) in [6.45, 7) is 0. The first-order chi connectivity index (χ1) is 4.88. The summed E-state index contributed by atoms with van der Waals surface area (Å²) in [7, 11) is 0. The predicted molar refractivity (Wildman–Crippen MR) is 36.0 cm³/mol. The molecule has 0 saturated heterocycles. The lowest BCUT2D eigenvalue weighted by Crippen LogP contribution is -2.30. The molecule has 4 nitrogen and oxygen atoms in total. The van der Waals surface area contributed by atoms with Gasteiger partial charge in [0.1, 0.15) is 6.34 Å². The molecule has 4 heteroatoms. The van der Waals surface area contributed by atoms with Gasteiger partial charge in [-0.05, 0) is 0 Å². The first kappa shape index (κ1) is 5.34. The number of rotatable bonds is 0. The standard InChI is InChI=1S/C6H6N3O/c10-9-4-3-8-5-7-2-1-6(8)9/h1-6H/q+1. The summed E-state index contributed by atoms with van der Waals surface area (Å²) >= 11 is 0. The fourth-order valence-corrected chi connectivity index (χ4v) is 0.984. The van der Waals surface area contributed by atoms with Gasteiger partial charge >= 0.3 is 6.17 Å². The van der Waals surface area contributed by atoms with E-state index in [2.05, 4.69) is 4.99 Å². The molecule has 0 aromatic carbocycles. The van der Waals surface area contributed by atoms with Crippen molar-refractivity contribution in [2.75, 3.05) is 0 Å². The van der Waals surface area contributed by atoms with E-state index in [1.165, 1.54) is 6.20 Å². The third-order valence-electron chi connectivity index (χ3n) is 1.50. The zero-order chi connectivity index (χ0) is 6.97. The normalized spacial score (nSPS) is 27.8. The first-order valence-corrected chi connectivity index (χ1v) is 2.99. The Balaban J connectivity index is 2.34. The Morgan fingerprint density at radius 3 is 3.30 bits per heavy atom. The summed E-state index contributed by atoms with van der Waals surface area (Å²) < 4.78 is 0.877. The Morgan fingerprint density at radius 2 is 2.50 bits per heavy atom. The Kier molecular flexibility index (Phi) is 0.943. The molecule has 0 aromatic heterocycles. The molecule has 10 heavy (non-hydrogen) atoms. The third-order valence-corrected chi connectivity index (χ3v) is 1.50. The second kappa shape index (κ2) is 1.76. The van der Waals surface area contributed by atoms with Gasteiger partial charge in [0.2, 0.25) is 6.20 Å². The molecule has 2 aliphatic heterocycles. The van der Waals surface area contributed by atoms with Crippen molar-refractivity contribution < 1.29 is 4.76 Å². The van der Waals surface area contributed by atoms with Crippen LogP contribution in [0.25, 0.3) is 0 Å². The van der Waals surface area contributed by atoms with Crippen LogP contribution in [0.4, 0.5) is 0 Å². The lowest BCUT2D eigenvalue weighted by Gasteiger charge is -2.10. The number of aliphatic imine (C=N–C) groups is 1. The predicted octanol–water partition coefficient (Wildman–Crippen LogP) is 0.434. The van der Waals surface area contributed by atoms with Crippen molar-refractivity contribution in [3.05, 3.63) is 29.6 Å². The lowest BCUT2D eigenvalue weighted by atomic mass is 10.4. The third kappa shape index (κ3) is 0.586. The fraction of sp³-hybridized carbons (Fsp3) is 0.167. The number of hydrogen-bond acceptors (Lipinski definition) is 3. The van der Waals surface area contributed by atoms with Crippen LogP contribution >= 0.6 is 0 Å². The molecule has 0 aliphatic carbocycles. The molecule has 0 bridgehead atoms. The van der Waals surface area contributed by atoms with E-state index >= 15 is 0 Å². The molecular formula is C6H6N3O+. The van der Waals surface area contributed by atoms with E-state index in [-0.39, 0.29) is 6.17 Å². The minimum Gasteiger partial charge on any atom is -0.267 e. The van der Waals surface area contributed by atoms with Gasteiger partial charge in [-0.25, -0.2) is 4.99 Å². The van der Waals surface area contributed by atoms with Crippen LogP contribution in [0.3, 0.4) is 0 Å². The van der Waals surface area contributed by atoms with Gasteiger partial charge in [0.25, 0.3) is 0 Å². The van der Waals surface area contributed by atoms with E-state index in [9.17, 15) is 4.91 Å². The molecule has 0 aromatic rings.